The fraction of sp³-hybridized carbons (Fsp3) is 0.0625. The summed E-state index contributed by atoms with van der Waals surface area (Å²) in [6, 6.07) is 36.5. The molecule has 8 rings (SSSR count). The van der Waals surface area contributed by atoms with Crippen LogP contribution in [-0.4, -0.2) is 0 Å². The molecule has 0 amide bonds. The molecule has 0 unspecified atom stereocenters. The monoisotopic (exact) mass is 404 g/mol. The summed E-state index contributed by atoms with van der Waals surface area (Å²) in [7, 11) is 0. The fourth-order valence-electron chi connectivity index (χ4n) is 6.29. The van der Waals surface area contributed by atoms with Crippen LogP contribution in [0.3, 0.4) is 0 Å². The van der Waals surface area contributed by atoms with Crippen LogP contribution >= 0.6 is 0 Å². The van der Waals surface area contributed by atoms with Crippen LogP contribution in [0.25, 0.3) is 54.6 Å². The average Bonchev–Trinajstić information content (AvgIpc) is 3.40. The van der Waals surface area contributed by atoms with Crippen LogP contribution in [0.2, 0.25) is 0 Å². The van der Waals surface area contributed by atoms with E-state index in [2.05, 4.69) is 97.1 Å². The maximum absolute atomic E-state index is 2.50. The highest BCUT2D eigenvalue weighted by Crippen LogP contribution is 2.48. The second-order valence-corrected chi connectivity index (χ2v) is 9.29. The van der Waals surface area contributed by atoms with Gasteiger partial charge >= 0.3 is 0 Å². The van der Waals surface area contributed by atoms with Gasteiger partial charge in [0, 0.05) is 0 Å². The number of fused-ring (bicyclic) bond motifs is 13. The van der Waals surface area contributed by atoms with Gasteiger partial charge in [0.05, 0.1) is 0 Å². The van der Waals surface area contributed by atoms with E-state index in [1.165, 1.54) is 76.8 Å². The minimum absolute atomic E-state index is 1.03. The minimum atomic E-state index is 1.03. The molecule has 0 aromatic heterocycles. The van der Waals surface area contributed by atoms with Crippen molar-refractivity contribution in [3.05, 3.63) is 119 Å². The van der Waals surface area contributed by atoms with Crippen molar-refractivity contribution in [3.8, 4) is 22.3 Å². The van der Waals surface area contributed by atoms with Crippen molar-refractivity contribution in [2.45, 2.75) is 12.8 Å². The fourth-order valence-corrected chi connectivity index (χ4v) is 6.29. The average molecular weight is 405 g/mol. The van der Waals surface area contributed by atoms with Crippen LogP contribution in [0, 0.1) is 0 Å². The summed E-state index contributed by atoms with van der Waals surface area (Å²) in [5, 5.41) is 8.29. The normalized spacial score (nSPS) is 13.4. The van der Waals surface area contributed by atoms with Crippen molar-refractivity contribution >= 4 is 32.3 Å². The Morgan fingerprint density at radius 2 is 1.03 bits per heavy atom. The molecule has 2 aliphatic carbocycles. The lowest BCUT2D eigenvalue weighted by Crippen LogP contribution is -1.90. The van der Waals surface area contributed by atoms with E-state index in [0.29, 0.717) is 0 Å². The molecule has 0 saturated heterocycles. The molecule has 0 radical (unpaired) electrons. The second-order valence-electron chi connectivity index (χ2n) is 9.29. The molecule has 0 spiro atoms. The van der Waals surface area contributed by atoms with Crippen LogP contribution in [-0.2, 0) is 12.8 Å². The third-order valence-electron chi connectivity index (χ3n) is 7.67. The maximum Gasteiger partial charge on any atom is -0.00132 e. The Bertz CT molecular complexity index is 1750. The first-order valence-corrected chi connectivity index (χ1v) is 11.5. The van der Waals surface area contributed by atoms with E-state index in [1.54, 1.807) is 0 Å². The molecule has 32 heavy (non-hydrogen) atoms. The molecule has 2 aliphatic rings. The van der Waals surface area contributed by atoms with Gasteiger partial charge in [0.25, 0.3) is 0 Å². The SMILES string of the molecule is c1ccc2c(c1)Cc1cc3c(cc1-2)c1ccccc1c1ccc2c(c13)-c1ccccc1C2. The zero-order valence-corrected chi connectivity index (χ0v) is 17.7. The van der Waals surface area contributed by atoms with Crippen molar-refractivity contribution in [2.24, 2.45) is 0 Å². The Hall–Kier alpha value is -3.90. The Morgan fingerprint density at radius 1 is 0.375 bits per heavy atom. The quantitative estimate of drug-likeness (QED) is 0.223. The molecule has 0 heterocycles. The van der Waals surface area contributed by atoms with Gasteiger partial charge in [-0.25, -0.2) is 0 Å². The summed E-state index contributed by atoms with van der Waals surface area (Å²) < 4.78 is 0. The molecular weight excluding hydrogens is 384 g/mol. The molecule has 0 aliphatic heterocycles. The van der Waals surface area contributed by atoms with Crippen molar-refractivity contribution in [3.63, 3.8) is 0 Å². The zero-order chi connectivity index (χ0) is 20.8. The zero-order valence-electron chi connectivity index (χ0n) is 17.7. The van der Waals surface area contributed by atoms with Gasteiger partial charge in [0.15, 0.2) is 0 Å². The maximum atomic E-state index is 2.50. The van der Waals surface area contributed by atoms with Gasteiger partial charge in [0.1, 0.15) is 0 Å². The van der Waals surface area contributed by atoms with Gasteiger partial charge in [-0.1, -0.05) is 84.9 Å². The van der Waals surface area contributed by atoms with Crippen LogP contribution < -0.4 is 0 Å². The highest BCUT2D eigenvalue weighted by molar-refractivity contribution is 6.29. The van der Waals surface area contributed by atoms with Crippen molar-refractivity contribution in [1.82, 2.24) is 0 Å². The van der Waals surface area contributed by atoms with E-state index in [1.807, 2.05) is 0 Å². The van der Waals surface area contributed by atoms with Gasteiger partial charge in [0.2, 0.25) is 0 Å². The van der Waals surface area contributed by atoms with E-state index < -0.39 is 0 Å². The topological polar surface area (TPSA) is 0 Å². The summed E-state index contributed by atoms with van der Waals surface area (Å²) >= 11 is 0. The van der Waals surface area contributed by atoms with E-state index in [4.69, 9.17) is 0 Å². The molecule has 6 aromatic carbocycles. The first-order valence-electron chi connectivity index (χ1n) is 11.5. The lowest BCUT2D eigenvalue weighted by atomic mass is 9.87. The van der Waals surface area contributed by atoms with E-state index in [0.717, 1.165) is 12.8 Å². The predicted octanol–water partition coefficient (Wildman–Crippen LogP) is 8.29. The molecule has 0 fully saturated rings. The van der Waals surface area contributed by atoms with Crippen LogP contribution in [0.5, 0.6) is 0 Å². The van der Waals surface area contributed by atoms with E-state index in [-0.39, 0.29) is 0 Å². The van der Waals surface area contributed by atoms with Crippen LogP contribution in [0.4, 0.5) is 0 Å². The third kappa shape index (κ3) is 2.03. The molecule has 0 saturated carbocycles. The Balaban J connectivity index is 1.61. The molecule has 0 bridgehead atoms. The largest absolute Gasteiger partial charge is 0.0619 e. The standard InChI is InChI=1S/C32H20/c1-3-9-23-19(7-1)16-22-17-30-29(18-28(22)23)26-12-6-5-11-25(26)27-14-13-21-15-20-8-2-4-10-24(20)31(21)32(27)30/h1-14,17-18H,15-16H2. The number of hydrogen-bond donors (Lipinski definition) is 0. The third-order valence-corrected chi connectivity index (χ3v) is 7.67. The number of hydrogen-bond acceptors (Lipinski definition) is 0. The highest BCUT2D eigenvalue weighted by atomic mass is 14.3. The lowest BCUT2D eigenvalue weighted by molar-refractivity contribution is 1.27. The van der Waals surface area contributed by atoms with Gasteiger partial charge in [-0.2, -0.15) is 0 Å². The van der Waals surface area contributed by atoms with E-state index >= 15 is 0 Å². The summed E-state index contributed by atoms with van der Waals surface area (Å²) in [5.74, 6) is 0. The van der Waals surface area contributed by atoms with Gasteiger partial charge in [-0.15, -0.1) is 0 Å². The van der Waals surface area contributed by atoms with Gasteiger partial charge in [-0.05, 0) is 102 Å². The number of rotatable bonds is 0. The van der Waals surface area contributed by atoms with Gasteiger partial charge < -0.3 is 0 Å². The smallest absolute Gasteiger partial charge is 0.00132 e. The van der Waals surface area contributed by atoms with E-state index in [9.17, 15) is 0 Å². The number of benzene rings is 6. The summed E-state index contributed by atoms with van der Waals surface area (Å²) in [4.78, 5) is 0. The Morgan fingerprint density at radius 3 is 1.88 bits per heavy atom. The van der Waals surface area contributed by atoms with Crippen molar-refractivity contribution < 1.29 is 0 Å². The van der Waals surface area contributed by atoms with Crippen molar-refractivity contribution in [1.29, 1.82) is 0 Å². The minimum Gasteiger partial charge on any atom is -0.0619 e. The van der Waals surface area contributed by atoms with Crippen LogP contribution in [0.15, 0.2) is 97.1 Å². The lowest BCUT2D eigenvalue weighted by Gasteiger charge is -2.16. The van der Waals surface area contributed by atoms with Gasteiger partial charge in [-0.3, -0.25) is 0 Å². The first kappa shape index (κ1) is 16.8. The predicted molar refractivity (Wildman–Crippen MR) is 135 cm³/mol. The van der Waals surface area contributed by atoms with Crippen molar-refractivity contribution in [2.75, 3.05) is 0 Å². The molecular formula is C32H20. The molecule has 0 nitrogen and oxygen atoms in total. The summed E-state index contributed by atoms with van der Waals surface area (Å²) in [5.41, 5.74) is 11.5. The molecule has 0 atom stereocenters. The summed E-state index contributed by atoms with van der Waals surface area (Å²) in [6.07, 6.45) is 2.06. The molecule has 6 aromatic rings. The highest BCUT2D eigenvalue weighted by Gasteiger charge is 2.25. The molecule has 0 heteroatoms. The molecule has 148 valence electrons. The van der Waals surface area contributed by atoms with Crippen LogP contribution in [0.1, 0.15) is 22.3 Å². The molecule has 0 N–H and O–H groups in total. The Kier molecular flexibility index (Phi) is 3.07. The first-order chi connectivity index (χ1) is 15.9. The summed E-state index contributed by atoms with van der Waals surface area (Å²) in [6.45, 7) is 0. The second kappa shape index (κ2) is 5.87. The Labute approximate surface area is 186 Å².